The van der Waals surface area contributed by atoms with Crippen molar-refractivity contribution in [2.24, 2.45) is 11.3 Å². The molecule has 0 radical (unpaired) electrons. The number of hydrogen-bond acceptors (Lipinski definition) is 13. The molecule has 5 aliphatic rings. The highest BCUT2D eigenvalue weighted by molar-refractivity contribution is 7.90. The molecule has 4 fully saturated rings. The molecule has 1 amide bonds. The normalized spacial score (nSPS) is 24.9. The Hall–Kier alpha value is -5.82. The molecule has 0 bridgehead atoms. The number of nitro groups is 1. The largest absolute Gasteiger partial charge is 0.489 e. The van der Waals surface area contributed by atoms with Gasteiger partial charge < -0.3 is 34.9 Å². The van der Waals surface area contributed by atoms with Gasteiger partial charge in [-0.3, -0.25) is 19.8 Å². The molecule has 18 heteroatoms. The number of carbonyl (C=O) groups is 1. The van der Waals surface area contributed by atoms with Gasteiger partial charge in [0.25, 0.3) is 21.6 Å². The number of ether oxygens (including phenoxy) is 2. The highest BCUT2D eigenvalue weighted by Crippen LogP contribution is 2.55. The van der Waals surface area contributed by atoms with E-state index >= 15 is 0 Å². The van der Waals surface area contributed by atoms with Crippen molar-refractivity contribution in [3.8, 4) is 17.2 Å². The zero-order valence-electron chi connectivity index (χ0n) is 39.1. The molecule has 5 heterocycles. The number of piperidine rings is 1. The van der Waals surface area contributed by atoms with E-state index in [0.717, 1.165) is 69.4 Å². The molecule has 3 aromatic carbocycles. The number of likely N-dealkylation sites (tertiary alicyclic amines) is 1. The van der Waals surface area contributed by atoms with Gasteiger partial charge in [-0.2, -0.15) is 0 Å². The van der Waals surface area contributed by atoms with Crippen molar-refractivity contribution in [1.29, 1.82) is 0 Å². The lowest BCUT2D eigenvalue weighted by Crippen LogP contribution is -2.57. The number of sulfonamides is 1. The van der Waals surface area contributed by atoms with Crippen LogP contribution in [-0.2, 0) is 10.0 Å². The second-order valence-corrected chi connectivity index (χ2v) is 22.3. The predicted molar refractivity (Wildman–Crippen MR) is 258 cm³/mol. The number of anilines is 2. The quantitative estimate of drug-likeness (QED) is 0.0586. The zero-order chi connectivity index (χ0) is 48.4. The van der Waals surface area contributed by atoms with Crippen LogP contribution in [-0.4, -0.2) is 94.4 Å². The van der Waals surface area contributed by atoms with Gasteiger partial charge >= 0.3 is 0 Å². The second kappa shape index (κ2) is 18.2. The van der Waals surface area contributed by atoms with Crippen molar-refractivity contribution >= 4 is 44.0 Å². The molecule has 2 aliphatic carbocycles. The number of amides is 1. The van der Waals surface area contributed by atoms with Crippen LogP contribution in [0.5, 0.6) is 17.2 Å². The van der Waals surface area contributed by atoms with Gasteiger partial charge in [-0.1, -0.05) is 38.1 Å². The monoisotopic (exact) mass is 965 g/mol. The third kappa shape index (κ3) is 9.12. The van der Waals surface area contributed by atoms with Gasteiger partial charge in [0.15, 0.2) is 11.4 Å². The fraction of sp³-hybridized carbons (Fsp3) is 0.490. The van der Waals surface area contributed by atoms with Gasteiger partial charge in [-0.25, -0.2) is 22.5 Å². The van der Waals surface area contributed by atoms with Gasteiger partial charge in [0.2, 0.25) is 0 Å². The molecule has 2 saturated carbocycles. The Kier molecular flexibility index (Phi) is 12.3. The van der Waals surface area contributed by atoms with E-state index in [4.69, 9.17) is 9.47 Å². The molecule has 16 nitrogen and oxygen atoms in total. The number of aliphatic hydroxyl groups is 2. The van der Waals surface area contributed by atoms with Crippen LogP contribution < -0.4 is 24.4 Å². The van der Waals surface area contributed by atoms with E-state index in [1.54, 1.807) is 19.1 Å². The molecule has 3 aliphatic heterocycles. The number of pyridine rings is 1. The van der Waals surface area contributed by atoms with Gasteiger partial charge in [0.1, 0.15) is 29.6 Å². The van der Waals surface area contributed by atoms with Crippen LogP contribution in [0.1, 0.15) is 118 Å². The minimum atomic E-state index is -4.73. The number of rotatable bonds is 12. The first kappa shape index (κ1) is 46.9. The second-order valence-electron chi connectivity index (χ2n) is 20.6. The summed E-state index contributed by atoms with van der Waals surface area (Å²) in [4.78, 5) is 37.1. The smallest absolute Gasteiger partial charge is 0.297 e. The zero-order valence-corrected chi connectivity index (χ0v) is 39.9. The molecule has 3 atom stereocenters. The number of nitrogens with zero attached hydrogens (tertiary/aromatic N) is 4. The van der Waals surface area contributed by atoms with Crippen LogP contribution in [0.25, 0.3) is 11.0 Å². The van der Waals surface area contributed by atoms with Crippen molar-refractivity contribution in [2.45, 2.75) is 126 Å². The number of halogens is 1. The number of fused-ring (bicyclic) bond motifs is 2. The summed E-state index contributed by atoms with van der Waals surface area (Å²) in [6.07, 6.45) is 11.1. The van der Waals surface area contributed by atoms with E-state index < -0.39 is 42.9 Å². The Balaban J connectivity index is 0.868. The summed E-state index contributed by atoms with van der Waals surface area (Å²) in [5.41, 5.74) is 2.55. The number of hydrogen-bond donors (Lipinski definition) is 5. The maximum Gasteiger partial charge on any atom is 0.297 e. The third-order valence-corrected chi connectivity index (χ3v) is 17.1. The Morgan fingerprint density at radius 3 is 2.54 bits per heavy atom. The van der Waals surface area contributed by atoms with Crippen LogP contribution in [0.15, 0.2) is 78.0 Å². The molecule has 5 aromatic rings. The highest BCUT2D eigenvalue weighted by Gasteiger charge is 2.52. The molecular formula is C51H60FN7O9S. The molecule has 1 unspecified atom stereocenters. The van der Waals surface area contributed by atoms with Crippen LogP contribution >= 0.6 is 0 Å². The molecule has 10 rings (SSSR count). The highest BCUT2D eigenvalue weighted by atomic mass is 32.2. The summed E-state index contributed by atoms with van der Waals surface area (Å²) in [6, 6.07) is 17.6. The number of carbonyl (C=O) groups excluding carboxylic acids is 1. The number of aliphatic hydroxyl groups excluding tert-OH is 1. The molecule has 2 aromatic heterocycles. The molecule has 1 spiro atoms. The van der Waals surface area contributed by atoms with Gasteiger partial charge in [0, 0.05) is 61.3 Å². The van der Waals surface area contributed by atoms with Crippen molar-refractivity contribution in [3.63, 3.8) is 0 Å². The van der Waals surface area contributed by atoms with E-state index in [-0.39, 0.29) is 76.6 Å². The summed E-state index contributed by atoms with van der Waals surface area (Å²) < 4.78 is 57.0. The van der Waals surface area contributed by atoms with Crippen LogP contribution in [0.3, 0.4) is 0 Å². The Morgan fingerprint density at radius 2 is 1.81 bits per heavy atom. The maximum atomic E-state index is 14.7. The first-order chi connectivity index (χ1) is 33.0. The van der Waals surface area contributed by atoms with Gasteiger partial charge in [-0.05, 0) is 118 Å². The Labute approximate surface area is 400 Å². The van der Waals surface area contributed by atoms with E-state index in [2.05, 4.69) is 67.9 Å². The van der Waals surface area contributed by atoms with Crippen molar-refractivity contribution in [1.82, 2.24) is 19.6 Å². The summed E-state index contributed by atoms with van der Waals surface area (Å²) in [5, 5.41) is 36.7. The molecular weight excluding hydrogens is 906 g/mol. The average molecular weight is 966 g/mol. The van der Waals surface area contributed by atoms with Gasteiger partial charge in [0.05, 0.1) is 45.2 Å². The van der Waals surface area contributed by atoms with E-state index in [0.29, 0.717) is 43.3 Å². The average Bonchev–Trinajstić information content (AvgIpc) is 3.92. The summed E-state index contributed by atoms with van der Waals surface area (Å²) in [5.74, 6) is -1.05. The van der Waals surface area contributed by atoms with Crippen LogP contribution in [0, 0.1) is 27.3 Å². The first-order valence-corrected chi connectivity index (χ1v) is 25.7. The van der Waals surface area contributed by atoms with E-state index in [9.17, 15) is 37.9 Å². The maximum absolute atomic E-state index is 14.7. The fourth-order valence-corrected chi connectivity index (χ4v) is 12.9. The molecule has 2 saturated heterocycles. The number of nitro benzene ring substituents is 1. The van der Waals surface area contributed by atoms with Gasteiger partial charge in [-0.15, -0.1) is 0 Å². The number of aromatic amines is 1. The lowest BCUT2D eigenvalue weighted by Gasteiger charge is -2.57. The minimum absolute atomic E-state index is 0.00249. The lowest BCUT2D eigenvalue weighted by atomic mass is 9.59. The minimum Gasteiger partial charge on any atom is -0.489 e. The Bertz CT molecular complexity index is 2880. The van der Waals surface area contributed by atoms with E-state index in [1.807, 2.05) is 0 Å². The number of H-pyrrole nitrogens is 1. The topological polar surface area (TPSA) is 212 Å². The van der Waals surface area contributed by atoms with E-state index in [1.165, 1.54) is 35.7 Å². The number of benzene rings is 3. The lowest BCUT2D eigenvalue weighted by molar-refractivity contribution is -0.384. The fourth-order valence-electron chi connectivity index (χ4n) is 11.9. The number of aromatic nitrogens is 2. The summed E-state index contributed by atoms with van der Waals surface area (Å²) >= 11 is 0. The molecule has 5 N–H and O–H groups in total. The molecule has 69 heavy (non-hydrogen) atoms. The SMILES string of the molecule is CC(C)c1ccccc1[C@@H]1CC[C@@H](CO)N1C1CC2(CCN(c3ccc(C(=O)NS(=O)(=O)c4cc5c(c([N+](=O)[O-])c4)NC(C4CCC(C)(O)CC4)CO5)c(Oc4cnc5[nH]cc(F)c5c4)c3)CC2)C1. The van der Waals surface area contributed by atoms with Crippen LogP contribution in [0.2, 0.25) is 0 Å². The number of nitrogens with one attached hydrogen (secondary N) is 3. The first-order valence-electron chi connectivity index (χ1n) is 24.2. The summed E-state index contributed by atoms with van der Waals surface area (Å²) in [7, 11) is -4.73. The third-order valence-electron chi connectivity index (χ3n) is 15.8. The van der Waals surface area contributed by atoms with Crippen molar-refractivity contribution < 1.29 is 42.2 Å². The van der Waals surface area contributed by atoms with Crippen molar-refractivity contribution in [2.75, 3.05) is 36.5 Å². The standard InChI is InChI=1S/C51H60FN7O9S/c1-30(2)37-6-4-5-7-38(37)43-11-9-33(28-60)58(43)34-24-51(25-34)16-18-57(19-17-51)32-8-10-39(45(20-32)68-35-21-40-41(52)27-54-48(40)53-26-35)49(61)56-69(65,66)36-22-44(59(63)64)47-46(23-36)67-29-42(55-47)31-12-14-50(3,62)15-13-31/h4-8,10,20-23,26-27,30-31,33-34,42-43,55,60,62H,9,11-19,24-25,28-29H2,1-3H3,(H,53,54)(H,56,61)/t31?,33-,42?,43-,50?/m0/s1. The van der Waals surface area contributed by atoms with Crippen molar-refractivity contribution in [3.05, 3.63) is 106 Å². The predicted octanol–water partition coefficient (Wildman–Crippen LogP) is 8.71. The summed E-state index contributed by atoms with van der Waals surface area (Å²) in [6.45, 7) is 8.00. The van der Waals surface area contributed by atoms with Crippen LogP contribution in [0.4, 0.5) is 21.5 Å². The Morgan fingerprint density at radius 1 is 1.06 bits per heavy atom. The molecule has 366 valence electrons.